The first-order chi connectivity index (χ1) is 7.21. The lowest BCUT2D eigenvalue weighted by Crippen LogP contribution is -2.52. The summed E-state index contributed by atoms with van der Waals surface area (Å²) < 4.78 is 0. The molecule has 0 aromatic rings. The second-order valence-electron chi connectivity index (χ2n) is 3.42. The van der Waals surface area contributed by atoms with Crippen LogP contribution in [-0.4, -0.2) is 41.2 Å². The standard InChI is InChI=1S/C8H14N4O2S/c9-12-11-4-1-3-10-8(7(13)14)2-5-15-6-8/h10H,1-6H2,(H,13,14). The molecule has 2 N–H and O–H groups in total. The Labute approximate surface area is 92.1 Å². The molecule has 0 saturated carbocycles. The normalized spacial score (nSPS) is 24.8. The van der Waals surface area contributed by atoms with E-state index in [4.69, 9.17) is 10.6 Å². The molecule has 0 aliphatic carbocycles. The third-order valence-electron chi connectivity index (χ3n) is 2.39. The van der Waals surface area contributed by atoms with Crippen LogP contribution in [0.2, 0.25) is 0 Å². The predicted molar refractivity (Wildman–Crippen MR) is 58.9 cm³/mol. The maximum atomic E-state index is 11.1. The van der Waals surface area contributed by atoms with Crippen LogP contribution in [0.4, 0.5) is 0 Å². The van der Waals surface area contributed by atoms with Crippen molar-refractivity contribution in [3.63, 3.8) is 0 Å². The van der Waals surface area contributed by atoms with E-state index in [1.54, 1.807) is 11.8 Å². The molecule has 0 bridgehead atoms. The van der Waals surface area contributed by atoms with Crippen molar-refractivity contribution in [2.24, 2.45) is 5.11 Å². The third kappa shape index (κ3) is 3.30. The highest BCUT2D eigenvalue weighted by atomic mass is 32.2. The summed E-state index contributed by atoms with van der Waals surface area (Å²) in [6.07, 6.45) is 1.33. The Morgan fingerprint density at radius 3 is 3.07 bits per heavy atom. The van der Waals surface area contributed by atoms with Crippen LogP contribution in [-0.2, 0) is 4.79 Å². The monoisotopic (exact) mass is 230 g/mol. The van der Waals surface area contributed by atoms with Crippen molar-refractivity contribution in [1.29, 1.82) is 0 Å². The van der Waals surface area contributed by atoms with Gasteiger partial charge in [0.05, 0.1) is 0 Å². The van der Waals surface area contributed by atoms with E-state index < -0.39 is 11.5 Å². The van der Waals surface area contributed by atoms with E-state index in [2.05, 4.69) is 15.3 Å². The van der Waals surface area contributed by atoms with E-state index in [1.807, 2.05) is 0 Å². The minimum atomic E-state index is -0.781. The lowest BCUT2D eigenvalue weighted by Gasteiger charge is -2.24. The van der Waals surface area contributed by atoms with Gasteiger partial charge in [0, 0.05) is 17.2 Å². The molecule has 0 spiro atoms. The van der Waals surface area contributed by atoms with Crippen molar-refractivity contribution in [2.45, 2.75) is 18.4 Å². The zero-order valence-corrected chi connectivity index (χ0v) is 9.16. The number of carboxylic acid groups (broad SMARTS) is 1. The van der Waals surface area contributed by atoms with E-state index in [1.165, 1.54) is 0 Å². The van der Waals surface area contributed by atoms with E-state index in [0.29, 0.717) is 31.7 Å². The first-order valence-electron chi connectivity index (χ1n) is 4.78. The van der Waals surface area contributed by atoms with Gasteiger partial charge in [-0.3, -0.25) is 4.79 Å². The third-order valence-corrected chi connectivity index (χ3v) is 3.58. The molecule has 1 fully saturated rings. The van der Waals surface area contributed by atoms with Gasteiger partial charge in [0.25, 0.3) is 0 Å². The van der Waals surface area contributed by atoms with E-state index in [9.17, 15) is 4.79 Å². The molecule has 0 radical (unpaired) electrons. The molecule has 1 saturated heterocycles. The zero-order valence-electron chi connectivity index (χ0n) is 8.35. The van der Waals surface area contributed by atoms with E-state index >= 15 is 0 Å². The molecule has 1 unspecified atom stereocenters. The van der Waals surface area contributed by atoms with Crippen molar-refractivity contribution in [3.8, 4) is 0 Å². The van der Waals surface area contributed by atoms with Crippen LogP contribution in [0.3, 0.4) is 0 Å². The lowest BCUT2D eigenvalue weighted by molar-refractivity contribution is -0.143. The number of hydrogen-bond donors (Lipinski definition) is 2. The fraction of sp³-hybridized carbons (Fsp3) is 0.875. The highest BCUT2D eigenvalue weighted by Gasteiger charge is 2.41. The first kappa shape index (κ1) is 12.2. The van der Waals surface area contributed by atoms with Gasteiger partial charge < -0.3 is 10.4 Å². The summed E-state index contributed by atoms with van der Waals surface area (Å²) >= 11 is 1.65. The minimum absolute atomic E-state index is 0.409. The van der Waals surface area contributed by atoms with Gasteiger partial charge in [-0.1, -0.05) is 5.11 Å². The molecule has 7 heteroatoms. The molecule has 0 aromatic heterocycles. The highest BCUT2D eigenvalue weighted by Crippen LogP contribution is 2.28. The molecule has 1 aliphatic heterocycles. The van der Waals surface area contributed by atoms with Crippen LogP contribution in [0.25, 0.3) is 10.4 Å². The highest BCUT2D eigenvalue weighted by molar-refractivity contribution is 7.99. The molecular weight excluding hydrogens is 216 g/mol. The van der Waals surface area contributed by atoms with E-state index in [-0.39, 0.29) is 0 Å². The SMILES string of the molecule is [N-]=[N+]=NCCCNC1(C(=O)O)CCSC1. The molecule has 0 aromatic carbocycles. The molecule has 15 heavy (non-hydrogen) atoms. The van der Waals surface area contributed by atoms with Gasteiger partial charge >= 0.3 is 5.97 Å². The number of nitrogens with zero attached hydrogens (tertiary/aromatic N) is 3. The Morgan fingerprint density at radius 2 is 2.53 bits per heavy atom. The van der Waals surface area contributed by atoms with Gasteiger partial charge in [0.15, 0.2) is 0 Å². The van der Waals surface area contributed by atoms with Crippen molar-refractivity contribution >= 4 is 17.7 Å². The van der Waals surface area contributed by atoms with Gasteiger partial charge in [-0.2, -0.15) is 11.8 Å². The number of rotatable bonds is 6. The average molecular weight is 230 g/mol. The predicted octanol–water partition coefficient (Wildman–Crippen LogP) is 1.24. The van der Waals surface area contributed by atoms with Gasteiger partial charge in [-0.05, 0) is 30.7 Å². The number of nitrogens with one attached hydrogen (secondary N) is 1. The molecule has 1 rings (SSSR count). The number of carbonyl (C=O) groups is 1. The lowest BCUT2D eigenvalue weighted by atomic mass is 9.99. The van der Waals surface area contributed by atoms with Gasteiger partial charge in [-0.15, -0.1) is 0 Å². The summed E-state index contributed by atoms with van der Waals surface area (Å²) in [6.45, 7) is 0.984. The maximum absolute atomic E-state index is 11.1. The molecule has 6 nitrogen and oxygen atoms in total. The fourth-order valence-corrected chi connectivity index (χ4v) is 2.83. The summed E-state index contributed by atoms with van der Waals surface area (Å²) in [4.78, 5) is 13.7. The van der Waals surface area contributed by atoms with Crippen LogP contribution in [0.1, 0.15) is 12.8 Å². The topological polar surface area (TPSA) is 98.1 Å². The quantitative estimate of drug-likeness (QED) is 0.310. The Balaban J connectivity index is 2.33. The second kappa shape index (κ2) is 5.85. The fourth-order valence-electron chi connectivity index (χ4n) is 1.47. The van der Waals surface area contributed by atoms with Crippen LogP contribution in [0.5, 0.6) is 0 Å². The number of hydrogen-bond acceptors (Lipinski definition) is 4. The molecule has 1 heterocycles. The Kier molecular flexibility index (Phi) is 4.74. The van der Waals surface area contributed by atoms with Crippen LogP contribution in [0.15, 0.2) is 5.11 Å². The second-order valence-corrected chi connectivity index (χ2v) is 4.53. The smallest absolute Gasteiger partial charge is 0.324 e. The number of carboxylic acids is 1. The van der Waals surface area contributed by atoms with Gasteiger partial charge in [-0.25, -0.2) is 0 Å². The van der Waals surface area contributed by atoms with Crippen molar-refractivity contribution in [2.75, 3.05) is 24.6 Å². The molecule has 1 aliphatic rings. The van der Waals surface area contributed by atoms with Crippen molar-refractivity contribution < 1.29 is 9.90 Å². The first-order valence-corrected chi connectivity index (χ1v) is 5.94. The largest absolute Gasteiger partial charge is 0.480 e. The van der Waals surface area contributed by atoms with Gasteiger partial charge in [0.1, 0.15) is 5.54 Å². The Morgan fingerprint density at radius 1 is 1.73 bits per heavy atom. The minimum Gasteiger partial charge on any atom is -0.480 e. The van der Waals surface area contributed by atoms with Crippen LogP contribution >= 0.6 is 11.8 Å². The summed E-state index contributed by atoms with van der Waals surface area (Å²) in [5.74, 6) is 0.718. The zero-order chi connectivity index (χ0) is 11.1. The Hall–Kier alpha value is -0.910. The number of azide groups is 1. The van der Waals surface area contributed by atoms with Crippen molar-refractivity contribution in [3.05, 3.63) is 10.4 Å². The van der Waals surface area contributed by atoms with Crippen LogP contribution in [0, 0.1) is 0 Å². The number of aliphatic carboxylic acids is 1. The summed E-state index contributed by atoms with van der Waals surface area (Å²) in [5.41, 5.74) is 7.29. The summed E-state index contributed by atoms with van der Waals surface area (Å²) in [7, 11) is 0. The molecule has 0 amide bonds. The molecule has 84 valence electrons. The summed E-state index contributed by atoms with van der Waals surface area (Å²) in [6, 6.07) is 0. The van der Waals surface area contributed by atoms with Crippen molar-refractivity contribution in [1.82, 2.24) is 5.32 Å². The Bertz CT molecular complexity index is 272. The summed E-state index contributed by atoms with van der Waals surface area (Å²) in [5, 5.41) is 15.5. The number of thioether (sulfide) groups is 1. The van der Waals surface area contributed by atoms with E-state index in [0.717, 1.165) is 5.75 Å². The van der Waals surface area contributed by atoms with Gasteiger partial charge in [0.2, 0.25) is 0 Å². The maximum Gasteiger partial charge on any atom is 0.324 e. The molecular formula is C8H14N4O2S. The average Bonchev–Trinajstić information content (AvgIpc) is 2.67. The molecule has 1 atom stereocenters. The van der Waals surface area contributed by atoms with Crippen LogP contribution < -0.4 is 5.32 Å².